The molecule has 114 valence electrons. The highest BCUT2D eigenvalue weighted by Gasteiger charge is 2.12. The molecule has 2 heterocycles. The number of aromatic nitrogens is 3. The molecule has 1 N–H and O–H groups in total. The van der Waals surface area contributed by atoms with Crippen LogP contribution in [-0.2, 0) is 0 Å². The maximum absolute atomic E-state index is 6.13. The molecule has 0 amide bonds. The summed E-state index contributed by atoms with van der Waals surface area (Å²) in [6.07, 6.45) is 3.49. The van der Waals surface area contributed by atoms with Gasteiger partial charge in [-0.15, -0.1) is 0 Å². The largest absolute Gasteiger partial charge is 0.337 e. The molecule has 0 saturated carbocycles. The van der Waals surface area contributed by atoms with E-state index in [0.717, 1.165) is 26.7 Å². The number of nitrogens with zero attached hydrogens (tertiary/aromatic N) is 3. The average molecular weight is 408 g/mol. The topological polar surface area (TPSA) is 42.2 Å². The second-order valence-corrected chi connectivity index (χ2v) is 6.64. The molecule has 4 rings (SSSR count). The summed E-state index contributed by atoms with van der Waals surface area (Å²) in [4.78, 5) is 8.90. The summed E-state index contributed by atoms with van der Waals surface area (Å²) in [5, 5.41) is 4.29. The molecule has 7 heteroatoms. The fourth-order valence-electron chi connectivity index (χ4n) is 2.43. The third kappa shape index (κ3) is 2.55. The molecule has 0 aliphatic carbocycles. The summed E-state index contributed by atoms with van der Waals surface area (Å²) in [6.45, 7) is 0. The number of hydrogen-bond acceptors (Lipinski definition) is 3. The third-order valence-corrected chi connectivity index (χ3v) is 4.93. The van der Waals surface area contributed by atoms with Crippen LogP contribution in [0, 0.1) is 0 Å². The van der Waals surface area contributed by atoms with E-state index in [9.17, 15) is 0 Å². The number of benzene rings is 2. The van der Waals surface area contributed by atoms with E-state index in [1.54, 1.807) is 24.7 Å². The van der Waals surface area contributed by atoms with Crippen molar-refractivity contribution in [2.24, 2.45) is 0 Å². The molecule has 0 aliphatic rings. The predicted octanol–water partition coefficient (Wildman–Crippen LogP) is 5.70. The Bertz CT molecular complexity index is 1050. The zero-order chi connectivity index (χ0) is 16.0. The van der Waals surface area contributed by atoms with E-state index < -0.39 is 0 Å². The van der Waals surface area contributed by atoms with Gasteiger partial charge in [-0.25, -0.2) is 9.97 Å². The smallest absolute Gasteiger partial charge is 0.157 e. The first-order valence-electron chi connectivity index (χ1n) is 6.76. The Balaban J connectivity index is 1.97. The average Bonchev–Trinajstić information content (AvgIpc) is 3.02. The summed E-state index contributed by atoms with van der Waals surface area (Å²) in [6, 6.07) is 11.4. The van der Waals surface area contributed by atoms with Gasteiger partial charge in [0.2, 0.25) is 0 Å². The summed E-state index contributed by atoms with van der Waals surface area (Å²) in [5.74, 6) is 0.695. The highest BCUT2D eigenvalue weighted by molar-refractivity contribution is 9.10. The Morgan fingerprint density at radius 1 is 1.04 bits per heavy atom. The van der Waals surface area contributed by atoms with E-state index in [1.807, 2.05) is 28.7 Å². The molecule has 0 atom stereocenters. The molecule has 0 unspecified atom stereocenters. The fraction of sp³-hybridized carbons (Fsp3) is 0. The van der Waals surface area contributed by atoms with Crippen molar-refractivity contribution in [2.45, 2.75) is 0 Å². The molecule has 2 aromatic heterocycles. The monoisotopic (exact) mass is 406 g/mol. The van der Waals surface area contributed by atoms with Crippen LogP contribution >= 0.6 is 39.1 Å². The molecular weight excluding hydrogens is 399 g/mol. The van der Waals surface area contributed by atoms with Gasteiger partial charge in [-0.2, -0.15) is 0 Å². The van der Waals surface area contributed by atoms with Crippen molar-refractivity contribution in [2.75, 3.05) is 5.32 Å². The van der Waals surface area contributed by atoms with Crippen molar-refractivity contribution in [3.05, 3.63) is 63.4 Å². The molecule has 0 spiro atoms. The number of nitrogens with one attached hydrogen (secondary N) is 1. The second-order valence-electron chi connectivity index (χ2n) is 4.97. The van der Waals surface area contributed by atoms with E-state index in [4.69, 9.17) is 23.2 Å². The minimum absolute atomic E-state index is 0.470. The number of rotatable bonds is 2. The minimum Gasteiger partial charge on any atom is -0.337 e. The Labute approximate surface area is 150 Å². The van der Waals surface area contributed by atoms with Gasteiger partial charge in [0, 0.05) is 4.47 Å². The minimum atomic E-state index is 0.470. The Morgan fingerprint density at radius 3 is 2.65 bits per heavy atom. The van der Waals surface area contributed by atoms with E-state index in [2.05, 4.69) is 31.2 Å². The Hall–Kier alpha value is -1.82. The summed E-state index contributed by atoms with van der Waals surface area (Å²) >= 11 is 15.8. The van der Waals surface area contributed by atoms with Crippen molar-refractivity contribution in [1.82, 2.24) is 14.4 Å². The maximum Gasteiger partial charge on any atom is 0.157 e. The normalized spacial score (nSPS) is 11.3. The van der Waals surface area contributed by atoms with Crippen molar-refractivity contribution < 1.29 is 0 Å². The molecule has 4 aromatic rings. The lowest BCUT2D eigenvalue weighted by Crippen LogP contribution is -1.99. The highest BCUT2D eigenvalue weighted by atomic mass is 79.9. The molecular formula is C16H9BrCl2N4. The van der Waals surface area contributed by atoms with Crippen LogP contribution in [0.4, 0.5) is 11.5 Å². The first kappa shape index (κ1) is 14.8. The lowest BCUT2D eigenvalue weighted by Gasteiger charge is -2.12. The zero-order valence-electron chi connectivity index (χ0n) is 11.6. The third-order valence-electron chi connectivity index (χ3n) is 3.52. The molecule has 23 heavy (non-hydrogen) atoms. The van der Waals surface area contributed by atoms with Gasteiger partial charge in [0.1, 0.15) is 5.52 Å². The lowest BCUT2D eigenvalue weighted by atomic mass is 10.2. The van der Waals surface area contributed by atoms with Gasteiger partial charge in [-0.1, -0.05) is 35.3 Å². The number of fused-ring (bicyclic) bond motifs is 3. The van der Waals surface area contributed by atoms with E-state index >= 15 is 0 Å². The quantitative estimate of drug-likeness (QED) is 0.463. The van der Waals surface area contributed by atoms with E-state index in [1.165, 1.54) is 0 Å². The van der Waals surface area contributed by atoms with Crippen LogP contribution in [0.25, 0.3) is 16.6 Å². The number of halogens is 3. The van der Waals surface area contributed by atoms with Gasteiger partial charge in [0.15, 0.2) is 5.82 Å². The predicted molar refractivity (Wildman–Crippen MR) is 97.9 cm³/mol. The number of imidazole rings is 1. The van der Waals surface area contributed by atoms with Gasteiger partial charge in [0.25, 0.3) is 0 Å². The maximum atomic E-state index is 6.13. The van der Waals surface area contributed by atoms with Gasteiger partial charge >= 0.3 is 0 Å². The van der Waals surface area contributed by atoms with Crippen LogP contribution in [0.2, 0.25) is 10.0 Å². The van der Waals surface area contributed by atoms with Gasteiger partial charge in [-0.05, 0) is 40.2 Å². The summed E-state index contributed by atoms with van der Waals surface area (Å²) in [7, 11) is 0. The number of para-hydroxylation sites is 1. The van der Waals surface area contributed by atoms with Crippen molar-refractivity contribution >= 4 is 67.2 Å². The van der Waals surface area contributed by atoms with E-state index in [0.29, 0.717) is 15.9 Å². The van der Waals surface area contributed by atoms with Crippen molar-refractivity contribution in [1.29, 1.82) is 0 Å². The van der Waals surface area contributed by atoms with Crippen LogP contribution < -0.4 is 5.32 Å². The van der Waals surface area contributed by atoms with Gasteiger partial charge in [0.05, 0.1) is 39.3 Å². The molecule has 2 aromatic carbocycles. The molecule has 0 saturated heterocycles. The van der Waals surface area contributed by atoms with E-state index in [-0.39, 0.29) is 0 Å². The fourth-order valence-corrected chi connectivity index (χ4v) is 3.13. The van der Waals surface area contributed by atoms with Crippen LogP contribution in [0.5, 0.6) is 0 Å². The SMILES string of the molecule is Clc1cc2nc(Nc3ccccc3Br)c3cncn3c2cc1Cl. The number of hydrogen-bond donors (Lipinski definition) is 1. The van der Waals surface area contributed by atoms with Gasteiger partial charge in [-0.3, -0.25) is 4.40 Å². The first-order chi connectivity index (χ1) is 11.1. The van der Waals surface area contributed by atoms with Crippen LogP contribution in [0.15, 0.2) is 53.4 Å². The summed E-state index contributed by atoms with van der Waals surface area (Å²) in [5.41, 5.74) is 3.36. The summed E-state index contributed by atoms with van der Waals surface area (Å²) < 4.78 is 2.89. The zero-order valence-corrected chi connectivity index (χ0v) is 14.7. The Kier molecular flexibility index (Phi) is 3.64. The van der Waals surface area contributed by atoms with Crippen LogP contribution in [0.1, 0.15) is 0 Å². The Morgan fingerprint density at radius 2 is 1.83 bits per heavy atom. The molecule has 0 aliphatic heterocycles. The second kappa shape index (κ2) is 5.67. The van der Waals surface area contributed by atoms with Crippen LogP contribution in [-0.4, -0.2) is 14.4 Å². The number of anilines is 2. The highest BCUT2D eigenvalue weighted by Crippen LogP contribution is 2.32. The van der Waals surface area contributed by atoms with Crippen LogP contribution in [0.3, 0.4) is 0 Å². The standard InChI is InChI=1S/C16H9BrCl2N4/c17-9-3-1-2-4-12(9)21-16-15-7-20-8-23(15)14-6-11(19)10(18)5-13(14)22-16/h1-8H,(H,21,22). The molecule has 4 nitrogen and oxygen atoms in total. The van der Waals surface area contributed by atoms with Crippen molar-refractivity contribution in [3.63, 3.8) is 0 Å². The lowest BCUT2D eigenvalue weighted by molar-refractivity contribution is 1.19. The van der Waals surface area contributed by atoms with Crippen molar-refractivity contribution in [3.8, 4) is 0 Å². The van der Waals surface area contributed by atoms with Gasteiger partial charge < -0.3 is 5.32 Å². The molecule has 0 bridgehead atoms. The molecule has 0 radical (unpaired) electrons. The molecule has 0 fully saturated rings. The first-order valence-corrected chi connectivity index (χ1v) is 8.31.